The first kappa shape index (κ1) is 15.8. The Hall–Kier alpha value is -2.24. The van der Waals surface area contributed by atoms with Crippen LogP contribution in [0.5, 0.6) is 11.5 Å². The Kier molecular flexibility index (Phi) is 6.36. The number of hydrogen-bond acceptors (Lipinski definition) is 4. The van der Waals surface area contributed by atoms with Crippen LogP contribution in [-0.4, -0.2) is 36.7 Å². The molecule has 0 fully saturated rings. The van der Waals surface area contributed by atoms with Gasteiger partial charge in [0.1, 0.15) is 11.5 Å². The lowest BCUT2D eigenvalue weighted by molar-refractivity contribution is -0.137. The van der Waals surface area contributed by atoms with Gasteiger partial charge in [-0.05, 0) is 25.5 Å². The summed E-state index contributed by atoms with van der Waals surface area (Å²) in [5, 5.41) is 11.2. The van der Waals surface area contributed by atoms with Crippen molar-refractivity contribution >= 4 is 11.9 Å². The molecule has 1 unspecified atom stereocenters. The molecule has 1 aromatic carbocycles. The number of methoxy groups -OCH3 is 1. The van der Waals surface area contributed by atoms with Gasteiger partial charge in [-0.15, -0.1) is 0 Å². The molecule has 0 saturated carbocycles. The standard InChI is InChI=1S/C14H19NO5/c1-10(6-7-14(17)18)15-13(16)9-20-12-5-3-4-11(8-12)19-2/h3-5,8,10H,6-7,9H2,1-2H3,(H,15,16)(H,17,18). The van der Waals surface area contributed by atoms with Gasteiger partial charge in [0.15, 0.2) is 6.61 Å². The average Bonchev–Trinajstić information content (AvgIpc) is 2.43. The minimum atomic E-state index is -0.876. The van der Waals surface area contributed by atoms with Crippen molar-refractivity contribution in [2.75, 3.05) is 13.7 Å². The third kappa shape index (κ3) is 6.08. The Bertz CT molecular complexity index is 461. The minimum absolute atomic E-state index is 0.0260. The van der Waals surface area contributed by atoms with Gasteiger partial charge in [0.2, 0.25) is 0 Å². The largest absolute Gasteiger partial charge is 0.497 e. The number of carboxylic acids is 1. The van der Waals surface area contributed by atoms with E-state index in [4.69, 9.17) is 14.6 Å². The molecule has 1 rings (SSSR count). The van der Waals surface area contributed by atoms with Crippen molar-refractivity contribution in [3.05, 3.63) is 24.3 Å². The molecule has 110 valence electrons. The molecule has 0 aliphatic heterocycles. The number of carboxylic acid groups (broad SMARTS) is 1. The van der Waals surface area contributed by atoms with Crippen molar-refractivity contribution < 1.29 is 24.2 Å². The van der Waals surface area contributed by atoms with E-state index in [1.165, 1.54) is 0 Å². The molecule has 0 bridgehead atoms. The van der Waals surface area contributed by atoms with Crippen LogP contribution in [0, 0.1) is 0 Å². The Morgan fingerprint density at radius 1 is 1.35 bits per heavy atom. The van der Waals surface area contributed by atoms with Crippen LogP contribution in [-0.2, 0) is 9.59 Å². The van der Waals surface area contributed by atoms with Gasteiger partial charge in [-0.1, -0.05) is 6.07 Å². The molecule has 0 heterocycles. The van der Waals surface area contributed by atoms with Crippen LogP contribution >= 0.6 is 0 Å². The van der Waals surface area contributed by atoms with Gasteiger partial charge in [0.25, 0.3) is 5.91 Å². The van der Waals surface area contributed by atoms with E-state index < -0.39 is 5.97 Å². The summed E-state index contributed by atoms with van der Waals surface area (Å²) in [4.78, 5) is 22.0. The number of carbonyl (C=O) groups excluding carboxylic acids is 1. The number of benzene rings is 1. The Balaban J connectivity index is 2.33. The molecule has 0 aromatic heterocycles. The zero-order valence-corrected chi connectivity index (χ0v) is 11.6. The summed E-state index contributed by atoms with van der Waals surface area (Å²) in [6.07, 6.45) is 0.415. The molecule has 1 amide bonds. The first-order valence-electron chi connectivity index (χ1n) is 6.29. The lowest BCUT2D eigenvalue weighted by Crippen LogP contribution is -2.36. The van der Waals surface area contributed by atoms with Crippen molar-refractivity contribution in [3.8, 4) is 11.5 Å². The number of ether oxygens (including phenoxy) is 2. The highest BCUT2D eigenvalue weighted by Crippen LogP contribution is 2.18. The normalized spacial score (nSPS) is 11.5. The number of carbonyl (C=O) groups is 2. The zero-order valence-electron chi connectivity index (χ0n) is 11.6. The van der Waals surface area contributed by atoms with Crippen molar-refractivity contribution in [1.82, 2.24) is 5.32 Å². The fraction of sp³-hybridized carbons (Fsp3) is 0.429. The Labute approximate surface area is 117 Å². The van der Waals surface area contributed by atoms with Crippen molar-refractivity contribution in [3.63, 3.8) is 0 Å². The fourth-order valence-electron chi connectivity index (χ4n) is 1.57. The summed E-state index contributed by atoms with van der Waals surface area (Å²) in [5.74, 6) is 0.0276. The molecule has 6 heteroatoms. The van der Waals surface area contributed by atoms with E-state index in [0.717, 1.165) is 0 Å². The predicted octanol–water partition coefficient (Wildman–Crippen LogP) is 1.44. The highest BCUT2D eigenvalue weighted by molar-refractivity contribution is 5.77. The molecule has 2 N–H and O–H groups in total. The summed E-state index contributed by atoms with van der Waals surface area (Å²) in [7, 11) is 1.55. The lowest BCUT2D eigenvalue weighted by atomic mass is 10.2. The Morgan fingerprint density at radius 3 is 2.70 bits per heavy atom. The van der Waals surface area contributed by atoms with Crippen LogP contribution in [0.4, 0.5) is 0 Å². The smallest absolute Gasteiger partial charge is 0.303 e. The van der Waals surface area contributed by atoms with Crippen LogP contribution in [0.25, 0.3) is 0 Å². The Morgan fingerprint density at radius 2 is 2.05 bits per heavy atom. The summed E-state index contributed by atoms with van der Waals surface area (Å²) < 4.78 is 10.4. The maximum atomic E-state index is 11.6. The zero-order chi connectivity index (χ0) is 15.0. The van der Waals surface area contributed by atoms with E-state index in [1.54, 1.807) is 38.3 Å². The van der Waals surface area contributed by atoms with E-state index in [-0.39, 0.29) is 25.0 Å². The topological polar surface area (TPSA) is 84.9 Å². The lowest BCUT2D eigenvalue weighted by Gasteiger charge is -2.13. The summed E-state index contributed by atoms with van der Waals surface area (Å²) in [6, 6.07) is 6.75. The highest BCUT2D eigenvalue weighted by atomic mass is 16.5. The number of rotatable bonds is 8. The van der Waals surface area contributed by atoms with Crippen LogP contribution in [0.1, 0.15) is 19.8 Å². The van der Waals surface area contributed by atoms with Gasteiger partial charge >= 0.3 is 5.97 Å². The first-order chi connectivity index (χ1) is 9.51. The van der Waals surface area contributed by atoms with E-state index in [9.17, 15) is 9.59 Å². The number of hydrogen-bond donors (Lipinski definition) is 2. The second-order valence-corrected chi connectivity index (χ2v) is 4.37. The quantitative estimate of drug-likeness (QED) is 0.753. The summed E-state index contributed by atoms with van der Waals surface area (Å²) in [5.41, 5.74) is 0. The molecule has 0 radical (unpaired) electrons. The number of nitrogens with one attached hydrogen (secondary N) is 1. The van der Waals surface area contributed by atoms with E-state index >= 15 is 0 Å². The molecular formula is C14H19NO5. The molecule has 1 aromatic rings. The monoisotopic (exact) mass is 281 g/mol. The first-order valence-corrected chi connectivity index (χ1v) is 6.29. The minimum Gasteiger partial charge on any atom is -0.497 e. The van der Waals surface area contributed by atoms with E-state index in [1.807, 2.05) is 0 Å². The molecule has 0 aliphatic carbocycles. The molecule has 0 aliphatic rings. The second kappa shape index (κ2) is 8.04. The molecule has 1 atom stereocenters. The average molecular weight is 281 g/mol. The van der Waals surface area contributed by atoms with Crippen molar-refractivity contribution in [1.29, 1.82) is 0 Å². The van der Waals surface area contributed by atoms with Gasteiger partial charge in [0.05, 0.1) is 7.11 Å². The van der Waals surface area contributed by atoms with Gasteiger partial charge in [-0.25, -0.2) is 0 Å². The van der Waals surface area contributed by atoms with Crippen LogP contribution < -0.4 is 14.8 Å². The van der Waals surface area contributed by atoms with Gasteiger partial charge in [-0.2, -0.15) is 0 Å². The van der Waals surface area contributed by atoms with Gasteiger partial charge in [0, 0.05) is 18.5 Å². The molecule has 0 saturated heterocycles. The summed E-state index contributed by atoms with van der Waals surface area (Å²) >= 11 is 0. The van der Waals surface area contributed by atoms with Gasteiger partial charge < -0.3 is 19.9 Å². The number of amides is 1. The summed E-state index contributed by atoms with van der Waals surface area (Å²) in [6.45, 7) is 1.64. The second-order valence-electron chi connectivity index (χ2n) is 4.37. The molecular weight excluding hydrogens is 262 g/mol. The SMILES string of the molecule is COc1cccc(OCC(=O)NC(C)CCC(=O)O)c1. The number of aliphatic carboxylic acids is 1. The van der Waals surface area contributed by atoms with Crippen molar-refractivity contribution in [2.24, 2.45) is 0 Å². The van der Waals surface area contributed by atoms with E-state index in [0.29, 0.717) is 17.9 Å². The molecule has 0 spiro atoms. The van der Waals surface area contributed by atoms with Crippen LogP contribution in [0.2, 0.25) is 0 Å². The van der Waals surface area contributed by atoms with Crippen LogP contribution in [0.3, 0.4) is 0 Å². The predicted molar refractivity (Wildman–Crippen MR) is 73.0 cm³/mol. The maximum Gasteiger partial charge on any atom is 0.303 e. The molecule has 6 nitrogen and oxygen atoms in total. The maximum absolute atomic E-state index is 11.6. The van der Waals surface area contributed by atoms with Crippen molar-refractivity contribution in [2.45, 2.75) is 25.8 Å². The third-order valence-corrected chi connectivity index (χ3v) is 2.61. The van der Waals surface area contributed by atoms with Crippen LogP contribution in [0.15, 0.2) is 24.3 Å². The third-order valence-electron chi connectivity index (χ3n) is 2.61. The highest BCUT2D eigenvalue weighted by Gasteiger charge is 2.10. The van der Waals surface area contributed by atoms with E-state index in [2.05, 4.69) is 5.32 Å². The molecule has 20 heavy (non-hydrogen) atoms. The van der Waals surface area contributed by atoms with Gasteiger partial charge in [-0.3, -0.25) is 9.59 Å². The fourth-order valence-corrected chi connectivity index (χ4v) is 1.57.